The molecule has 9 heavy (non-hydrogen) atoms. The van der Waals surface area contributed by atoms with Gasteiger partial charge in [0.15, 0.2) is 0 Å². The lowest BCUT2D eigenvalue weighted by molar-refractivity contribution is 0.118. The third-order valence-corrected chi connectivity index (χ3v) is 0.925. The maximum absolute atomic E-state index is 5.23. The molecule has 0 saturated carbocycles. The fraction of sp³-hybridized carbons (Fsp3) is 0.500. The van der Waals surface area contributed by atoms with Crippen molar-refractivity contribution in [3.05, 3.63) is 24.8 Å². The third kappa shape index (κ3) is 5.31. The van der Waals surface area contributed by atoms with Gasteiger partial charge in [0.2, 0.25) is 0 Å². The second-order valence-corrected chi connectivity index (χ2v) is 2.21. The molecule has 0 rings (SSSR count). The zero-order valence-electron chi connectivity index (χ0n) is 6.18. The van der Waals surface area contributed by atoms with Crippen LogP contribution in [0.1, 0.15) is 13.8 Å². The highest BCUT2D eigenvalue weighted by atomic mass is 16.5. The van der Waals surface area contributed by atoms with Crippen LogP contribution in [0.25, 0.3) is 0 Å². The number of rotatable bonds is 4. The Balaban J connectivity index is 3.26. The quantitative estimate of drug-likeness (QED) is 0.524. The maximum Gasteiger partial charge on any atom is 0.0729 e. The zero-order valence-corrected chi connectivity index (χ0v) is 6.18. The molecule has 0 aliphatic carbocycles. The lowest BCUT2D eigenvalue weighted by Gasteiger charge is -2.06. The Labute approximate surface area is 57.0 Å². The first kappa shape index (κ1) is 8.44. The van der Waals surface area contributed by atoms with E-state index in [1.165, 1.54) is 0 Å². The molecule has 0 amide bonds. The van der Waals surface area contributed by atoms with E-state index < -0.39 is 0 Å². The average molecular weight is 126 g/mol. The predicted molar refractivity (Wildman–Crippen MR) is 40.4 cm³/mol. The van der Waals surface area contributed by atoms with Crippen LogP contribution < -0.4 is 0 Å². The van der Waals surface area contributed by atoms with Gasteiger partial charge in [-0.1, -0.05) is 18.2 Å². The molecule has 1 nitrogen and oxygen atoms in total. The van der Waals surface area contributed by atoms with E-state index in [1.54, 1.807) is 6.08 Å². The van der Waals surface area contributed by atoms with Crippen LogP contribution in [0.2, 0.25) is 0 Å². The molecule has 0 N–H and O–H groups in total. The molecule has 0 fully saturated rings. The molecule has 0 radical (unpaired) electrons. The Kier molecular flexibility index (Phi) is 4.06. The monoisotopic (exact) mass is 126 g/mol. The van der Waals surface area contributed by atoms with E-state index in [2.05, 4.69) is 13.2 Å². The van der Waals surface area contributed by atoms with Crippen molar-refractivity contribution in [2.45, 2.75) is 20.0 Å². The molecular weight excluding hydrogens is 112 g/mol. The van der Waals surface area contributed by atoms with Crippen LogP contribution >= 0.6 is 0 Å². The fourth-order valence-electron chi connectivity index (χ4n) is 0.342. The summed E-state index contributed by atoms with van der Waals surface area (Å²) in [5.41, 5.74) is 1.05. The fourth-order valence-corrected chi connectivity index (χ4v) is 0.342. The van der Waals surface area contributed by atoms with Crippen molar-refractivity contribution in [1.82, 2.24) is 0 Å². The van der Waals surface area contributed by atoms with Gasteiger partial charge < -0.3 is 4.74 Å². The predicted octanol–water partition coefficient (Wildman–Crippen LogP) is 2.15. The van der Waals surface area contributed by atoms with Gasteiger partial charge in [-0.05, 0) is 13.8 Å². The second-order valence-electron chi connectivity index (χ2n) is 2.21. The molecule has 0 heterocycles. The molecule has 0 aliphatic rings. The first-order chi connectivity index (χ1) is 4.16. The van der Waals surface area contributed by atoms with Crippen molar-refractivity contribution >= 4 is 0 Å². The van der Waals surface area contributed by atoms with Crippen LogP contribution in [0, 0.1) is 0 Å². The number of hydrogen-bond acceptors (Lipinski definition) is 1. The molecule has 0 aromatic rings. The molecule has 1 unspecified atom stereocenters. The van der Waals surface area contributed by atoms with Gasteiger partial charge in [0, 0.05) is 0 Å². The molecule has 0 aromatic heterocycles. The molecule has 1 atom stereocenters. The second kappa shape index (κ2) is 4.33. The summed E-state index contributed by atoms with van der Waals surface area (Å²) in [5.74, 6) is 0. The van der Waals surface area contributed by atoms with E-state index in [9.17, 15) is 0 Å². The molecule has 0 spiro atoms. The van der Waals surface area contributed by atoms with Crippen LogP contribution in [0.4, 0.5) is 0 Å². The van der Waals surface area contributed by atoms with Gasteiger partial charge in [0.1, 0.15) is 0 Å². The Bertz CT molecular complexity index is 105. The van der Waals surface area contributed by atoms with Gasteiger partial charge in [0.25, 0.3) is 0 Å². The Hall–Kier alpha value is -0.560. The molecule has 0 saturated heterocycles. The third-order valence-electron chi connectivity index (χ3n) is 0.925. The normalized spacial score (nSPS) is 12.7. The Morgan fingerprint density at radius 2 is 2.33 bits per heavy atom. The summed E-state index contributed by atoms with van der Waals surface area (Å²) in [5, 5.41) is 0. The van der Waals surface area contributed by atoms with E-state index in [1.807, 2.05) is 13.8 Å². The van der Waals surface area contributed by atoms with Crippen molar-refractivity contribution in [2.24, 2.45) is 0 Å². The van der Waals surface area contributed by atoms with Crippen LogP contribution in [0.15, 0.2) is 24.8 Å². The SMILES string of the molecule is C=CC(C)OCC(=C)C. The summed E-state index contributed by atoms with van der Waals surface area (Å²) >= 11 is 0. The van der Waals surface area contributed by atoms with E-state index in [0.717, 1.165) is 5.57 Å². The van der Waals surface area contributed by atoms with Crippen molar-refractivity contribution in [2.75, 3.05) is 6.61 Å². The van der Waals surface area contributed by atoms with Gasteiger partial charge in [-0.25, -0.2) is 0 Å². The van der Waals surface area contributed by atoms with Crippen LogP contribution in [-0.4, -0.2) is 12.7 Å². The minimum absolute atomic E-state index is 0.140. The maximum atomic E-state index is 5.23. The molecule has 52 valence electrons. The molecule has 0 bridgehead atoms. The summed E-state index contributed by atoms with van der Waals surface area (Å²) in [6, 6.07) is 0. The molecule has 0 aliphatic heterocycles. The first-order valence-corrected chi connectivity index (χ1v) is 3.05. The van der Waals surface area contributed by atoms with E-state index in [-0.39, 0.29) is 6.10 Å². The Morgan fingerprint density at radius 3 is 2.67 bits per heavy atom. The summed E-state index contributed by atoms with van der Waals surface area (Å²) in [6.07, 6.45) is 1.91. The minimum Gasteiger partial charge on any atom is -0.370 e. The van der Waals surface area contributed by atoms with Gasteiger partial charge in [-0.2, -0.15) is 0 Å². The summed E-state index contributed by atoms with van der Waals surface area (Å²) in [7, 11) is 0. The zero-order chi connectivity index (χ0) is 7.28. The lowest BCUT2D eigenvalue weighted by atomic mass is 10.3. The number of hydrogen-bond donors (Lipinski definition) is 0. The lowest BCUT2D eigenvalue weighted by Crippen LogP contribution is -2.05. The average Bonchev–Trinajstić information content (AvgIpc) is 1.83. The van der Waals surface area contributed by atoms with Crippen molar-refractivity contribution in [1.29, 1.82) is 0 Å². The molecule has 0 aromatic carbocycles. The molecular formula is C8H14O. The first-order valence-electron chi connectivity index (χ1n) is 3.05. The van der Waals surface area contributed by atoms with Gasteiger partial charge in [-0.15, -0.1) is 6.58 Å². The van der Waals surface area contributed by atoms with Crippen LogP contribution in [0.5, 0.6) is 0 Å². The van der Waals surface area contributed by atoms with Crippen LogP contribution in [0.3, 0.4) is 0 Å². The number of ether oxygens (including phenoxy) is 1. The van der Waals surface area contributed by atoms with Gasteiger partial charge in [0.05, 0.1) is 12.7 Å². The van der Waals surface area contributed by atoms with Gasteiger partial charge >= 0.3 is 0 Å². The van der Waals surface area contributed by atoms with Crippen molar-refractivity contribution in [3.63, 3.8) is 0 Å². The highest BCUT2D eigenvalue weighted by molar-refractivity contribution is 4.89. The van der Waals surface area contributed by atoms with Crippen molar-refractivity contribution in [3.8, 4) is 0 Å². The summed E-state index contributed by atoms with van der Waals surface area (Å²) < 4.78 is 5.23. The largest absolute Gasteiger partial charge is 0.370 e. The summed E-state index contributed by atoms with van der Waals surface area (Å²) in [6.45, 7) is 11.8. The van der Waals surface area contributed by atoms with Gasteiger partial charge in [-0.3, -0.25) is 0 Å². The van der Waals surface area contributed by atoms with E-state index in [0.29, 0.717) is 6.61 Å². The summed E-state index contributed by atoms with van der Waals surface area (Å²) in [4.78, 5) is 0. The topological polar surface area (TPSA) is 9.23 Å². The highest BCUT2D eigenvalue weighted by Gasteiger charge is 1.92. The van der Waals surface area contributed by atoms with Crippen LogP contribution in [-0.2, 0) is 4.74 Å². The van der Waals surface area contributed by atoms with Crippen molar-refractivity contribution < 1.29 is 4.74 Å². The molecule has 1 heteroatoms. The smallest absolute Gasteiger partial charge is 0.0729 e. The Morgan fingerprint density at radius 1 is 1.78 bits per heavy atom. The van der Waals surface area contributed by atoms with E-state index >= 15 is 0 Å². The minimum atomic E-state index is 0.140. The highest BCUT2D eigenvalue weighted by Crippen LogP contribution is 1.94. The van der Waals surface area contributed by atoms with E-state index in [4.69, 9.17) is 4.74 Å². The standard InChI is InChI=1S/C8H14O/c1-5-8(4)9-6-7(2)3/h5,8H,1-2,6H2,3-4H3.